The van der Waals surface area contributed by atoms with E-state index in [0.29, 0.717) is 5.56 Å². The maximum atomic E-state index is 12.3. The second-order valence-corrected chi connectivity index (χ2v) is 7.98. The van der Waals surface area contributed by atoms with E-state index >= 15 is 0 Å². The van der Waals surface area contributed by atoms with Crippen LogP contribution < -0.4 is 10.2 Å². The van der Waals surface area contributed by atoms with Crippen molar-refractivity contribution in [3.05, 3.63) is 71.5 Å². The molecule has 31 heavy (non-hydrogen) atoms. The zero-order valence-corrected chi connectivity index (χ0v) is 18.6. The molecule has 0 unspecified atom stereocenters. The number of rotatable bonds is 11. The lowest BCUT2D eigenvalue weighted by atomic mass is 10.1. The molecule has 0 saturated carbocycles. The van der Waals surface area contributed by atoms with Crippen molar-refractivity contribution in [1.29, 1.82) is 0 Å². The predicted octanol–water partition coefficient (Wildman–Crippen LogP) is 4.44. The first-order chi connectivity index (χ1) is 15.2. The summed E-state index contributed by atoms with van der Waals surface area (Å²) >= 11 is 1.60. The van der Waals surface area contributed by atoms with Crippen molar-refractivity contribution < 1.29 is 9.53 Å². The fourth-order valence-corrected chi connectivity index (χ4v) is 3.57. The van der Waals surface area contributed by atoms with E-state index in [9.17, 15) is 4.79 Å². The van der Waals surface area contributed by atoms with Gasteiger partial charge in [-0.3, -0.25) is 4.79 Å². The molecule has 0 spiro atoms. The summed E-state index contributed by atoms with van der Waals surface area (Å²) in [5.74, 6) is 1.35. The number of benzene rings is 2. The molecule has 1 aromatic heterocycles. The van der Waals surface area contributed by atoms with Crippen LogP contribution in [0.25, 0.3) is 0 Å². The highest BCUT2D eigenvalue weighted by molar-refractivity contribution is 7.98. The van der Waals surface area contributed by atoms with Gasteiger partial charge >= 0.3 is 0 Å². The number of hydrogen-bond donors (Lipinski definition) is 1. The van der Waals surface area contributed by atoms with Gasteiger partial charge in [0.25, 0.3) is 5.91 Å². The monoisotopic (exact) mass is 437 g/mol. The topological polar surface area (TPSA) is 81.4 Å². The van der Waals surface area contributed by atoms with Crippen molar-refractivity contribution in [3.63, 3.8) is 0 Å². The highest BCUT2D eigenvalue weighted by Crippen LogP contribution is 2.20. The smallest absolute Gasteiger partial charge is 0.271 e. The van der Waals surface area contributed by atoms with Crippen molar-refractivity contribution in [2.75, 3.05) is 6.61 Å². The van der Waals surface area contributed by atoms with Crippen LogP contribution >= 0.6 is 11.8 Å². The van der Waals surface area contributed by atoms with E-state index in [4.69, 9.17) is 4.74 Å². The first-order valence-corrected chi connectivity index (χ1v) is 11.3. The molecule has 1 N–H and O–H groups in total. The molecule has 162 valence electrons. The van der Waals surface area contributed by atoms with Gasteiger partial charge in [-0.25, -0.2) is 5.43 Å². The average Bonchev–Trinajstić information content (AvgIpc) is 3.21. The molecule has 0 bridgehead atoms. The summed E-state index contributed by atoms with van der Waals surface area (Å²) in [6.45, 7) is 2.90. The number of nitrogens with zero attached hydrogens (tertiary/aromatic N) is 4. The first-order valence-electron chi connectivity index (χ1n) is 10.3. The number of ether oxygens (including phenoxy) is 1. The van der Waals surface area contributed by atoms with E-state index < -0.39 is 0 Å². The van der Waals surface area contributed by atoms with Gasteiger partial charge in [0.1, 0.15) is 12.1 Å². The summed E-state index contributed by atoms with van der Waals surface area (Å²) in [6.07, 6.45) is 6.71. The van der Waals surface area contributed by atoms with Crippen LogP contribution in [0.4, 0.5) is 0 Å². The lowest BCUT2D eigenvalue weighted by Crippen LogP contribution is -2.17. The Hall–Kier alpha value is -3.13. The van der Waals surface area contributed by atoms with Gasteiger partial charge in [-0.15, -0.1) is 10.2 Å². The summed E-state index contributed by atoms with van der Waals surface area (Å²) in [5.41, 5.74) is 5.11. The lowest BCUT2D eigenvalue weighted by molar-refractivity contribution is 0.0955. The highest BCUT2D eigenvalue weighted by Gasteiger charge is 2.06. The first kappa shape index (κ1) is 22.6. The van der Waals surface area contributed by atoms with Crippen LogP contribution in [-0.2, 0) is 12.8 Å². The van der Waals surface area contributed by atoms with Crippen molar-refractivity contribution in [2.24, 2.45) is 12.1 Å². The minimum Gasteiger partial charge on any atom is -0.494 e. The highest BCUT2D eigenvalue weighted by atomic mass is 32.2. The second-order valence-electron chi connectivity index (χ2n) is 7.03. The van der Waals surface area contributed by atoms with Crippen LogP contribution in [0, 0.1) is 0 Å². The maximum Gasteiger partial charge on any atom is 0.271 e. The summed E-state index contributed by atoms with van der Waals surface area (Å²) < 4.78 is 7.57. The molecular weight excluding hydrogens is 410 g/mol. The van der Waals surface area contributed by atoms with E-state index in [-0.39, 0.29) is 5.91 Å². The predicted molar refractivity (Wildman–Crippen MR) is 124 cm³/mol. The van der Waals surface area contributed by atoms with Gasteiger partial charge < -0.3 is 9.30 Å². The second kappa shape index (κ2) is 11.9. The molecule has 2 aromatic carbocycles. The minimum absolute atomic E-state index is 0.250. The number of hydrogen-bond acceptors (Lipinski definition) is 6. The molecule has 0 fully saturated rings. The number of amides is 1. The molecule has 0 saturated heterocycles. The number of unbranched alkanes of at least 4 members (excludes halogenated alkanes) is 2. The van der Waals surface area contributed by atoms with Gasteiger partial charge in [0.2, 0.25) is 0 Å². The third-order valence-corrected chi connectivity index (χ3v) is 5.64. The van der Waals surface area contributed by atoms with Crippen molar-refractivity contribution in [3.8, 4) is 5.75 Å². The summed E-state index contributed by atoms with van der Waals surface area (Å²) in [6, 6.07) is 15.1. The lowest BCUT2D eigenvalue weighted by Gasteiger charge is -2.05. The normalized spacial score (nSPS) is 11.0. The van der Waals surface area contributed by atoms with E-state index in [1.54, 1.807) is 36.4 Å². The Morgan fingerprint density at radius 3 is 2.61 bits per heavy atom. The van der Waals surface area contributed by atoms with Crippen LogP contribution in [0.5, 0.6) is 5.75 Å². The molecule has 0 aliphatic heterocycles. The molecule has 3 rings (SSSR count). The Labute approximate surface area is 186 Å². The molecule has 0 atom stereocenters. The third-order valence-electron chi connectivity index (χ3n) is 4.53. The van der Waals surface area contributed by atoms with E-state index in [1.807, 2.05) is 48.0 Å². The van der Waals surface area contributed by atoms with E-state index in [0.717, 1.165) is 40.8 Å². The number of carbonyl (C=O) groups is 1. The van der Waals surface area contributed by atoms with Gasteiger partial charge in [0.05, 0.1) is 12.8 Å². The Balaban J connectivity index is 1.44. The molecule has 1 amide bonds. The van der Waals surface area contributed by atoms with Gasteiger partial charge in [-0.05, 0) is 53.9 Å². The van der Waals surface area contributed by atoms with Crippen LogP contribution in [0.3, 0.4) is 0 Å². The number of carbonyl (C=O) groups excluding carboxylic acids is 1. The molecule has 7 nitrogen and oxygen atoms in total. The van der Waals surface area contributed by atoms with Gasteiger partial charge in [0.15, 0.2) is 5.16 Å². The molecule has 8 heteroatoms. The largest absolute Gasteiger partial charge is 0.494 e. The maximum absolute atomic E-state index is 12.3. The summed E-state index contributed by atoms with van der Waals surface area (Å²) in [7, 11) is 1.91. The zero-order valence-electron chi connectivity index (χ0n) is 17.8. The molecular formula is C23H27N5O2S. The number of hydrazone groups is 1. The van der Waals surface area contributed by atoms with Gasteiger partial charge in [0, 0.05) is 18.4 Å². The number of aryl methyl sites for hydroxylation is 1. The minimum atomic E-state index is -0.250. The quantitative estimate of drug-likeness (QED) is 0.208. The molecule has 0 radical (unpaired) electrons. The van der Waals surface area contributed by atoms with Crippen LogP contribution in [0.15, 0.2) is 65.1 Å². The summed E-state index contributed by atoms with van der Waals surface area (Å²) in [5, 5.41) is 12.8. The molecule has 0 aliphatic carbocycles. The van der Waals surface area contributed by atoms with Crippen molar-refractivity contribution in [2.45, 2.75) is 37.1 Å². The van der Waals surface area contributed by atoms with Crippen molar-refractivity contribution in [1.82, 2.24) is 20.2 Å². The van der Waals surface area contributed by atoms with Gasteiger partial charge in [-0.1, -0.05) is 43.7 Å². The van der Waals surface area contributed by atoms with Crippen LogP contribution in [-0.4, -0.2) is 33.5 Å². The number of nitrogens with one attached hydrogen (secondary N) is 1. The van der Waals surface area contributed by atoms with Crippen LogP contribution in [0.1, 0.15) is 47.7 Å². The third kappa shape index (κ3) is 7.25. The molecule has 3 aromatic rings. The summed E-state index contributed by atoms with van der Waals surface area (Å²) in [4.78, 5) is 12.3. The zero-order chi connectivity index (χ0) is 21.9. The molecule has 1 heterocycles. The fourth-order valence-electron chi connectivity index (χ4n) is 2.73. The standard InChI is InChI=1S/C23H27N5O2S/c1-3-4-5-14-30-21-12-8-18(9-13-21)15-24-26-22(29)20-10-6-19(7-11-20)16-31-23-27-25-17-28(23)2/h6-13,15,17H,3-5,14,16H2,1-2H3,(H,26,29)/b24-15+. The van der Waals surface area contributed by atoms with Crippen LogP contribution in [0.2, 0.25) is 0 Å². The number of aromatic nitrogens is 3. The average molecular weight is 438 g/mol. The Bertz CT molecular complexity index is 984. The number of thioether (sulfide) groups is 1. The Morgan fingerprint density at radius 1 is 1.16 bits per heavy atom. The van der Waals surface area contributed by atoms with Crippen molar-refractivity contribution >= 4 is 23.9 Å². The van der Waals surface area contributed by atoms with E-state index in [2.05, 4.69) is 27.6 Å². The SMILES string of the molecule is CCCCCOc1ccc(/C=N/NC(=O)c2ccc(CSc3nncn3C)cc2)cc1. The van der Waals surface area contributed by atoms with E-state index in [1.165, 1.54) is 12.8 Å². The molecule has 0 aliphatic rings. The Morgan fingerprint density at radius 2 is 1.94 bits per heavy atom. The Kier molecular flexibility index (Phi) is 8.66. The van der Waals surface area contributed by atoms with Gasteiger partial charge in [-0.2, -0.15) is 5.10 Å². The fraction of sp³-hybridized carbons (Fsp3) is 0.304.